The summed E-state index contributed by atoms with van der Waals surface area (Å²) in [6.07, 6.45) is 4.04. The predicted octanol–water partition coefficient (Wildman–Crippen LogP) is 0.730. The molecule has 19 heavy (non-hydrogen) atoms. The van der Waals surface area contributed by atoms with Crippen molar-refractivity contribution in [3.05, 3.63) is 0 Å². The molecule has 7 heteroatoms. The fourth-order valence-electron chi connectivity index (χ4n) is 2.76. The molecule has 0 radical (unpaired) electrons. The molecule has 0 amide bonds. The number of aliphatic carboxylic acids is 1. The van der Waals surface area contributed by atoms with Crippen molar-refractivity contribution in [3.63, 3.8) is 0 Å². The van der Waals surface area contributed by atoms with Crippen LogP contribution in [0.15, 0.2) is 0 Å². The van der Waals surface area contributed by atoms with Crippen molar-refractivity contribution in [1.29, 1.82) is 0 Å². The smallest absolute Gasteiger partial charge is 0.303 e. The highest BCUT2D eigenvalue weighted by molar-refractivity contribution is 7.89. The number of carbonyl (C=O) groups is 1. The molecule has 2 fully saturated rings. The monoisotopic (exact) mass is 291 g/mol. The molecule has 0 aromatic heterocycles. The predicted molar refractivity (Wildman–Crippen MR) is 69.3 cm³/mol. The van der Waals surface area contributed by atoms with Gasteiger partial charge in [0.2, 0.25) is 10.0 Å². The zero-order chi connectivity index (χ0) is 13.9. The Morgan fingerprint density at radius 2 is 2.11 bits per heavy atom. The summed E-state index contributed by atoms with van der Waals surface area (Å²) in [4.78, 5) is 10.8. The van der Waals surface area contributed by atoms with Crippen LogP contribution in [0.1, 0.15) is 38.5 Å². The molecular formula is C12H21NO5S. The lowest BCUT2D eigenvalue weighted by atomic mass is 9.67. The number of carboxylic acid groups (broad SMARTS) is 1. The van der Waals surface area contributed by atoms with E-state index in [2.05, 4.69) is 4.72 Å². The van der Waals surface area contributed by atoms with Gasteiger partial charge in [-0.25, -0.2) is 13.1 Å². The molecule has 0 bridgehead atoms. The summed E-state index contributed by atoms with van der Waals surface area (Å²) < 4.78 is 31.7. The molecule has 0 spiro atoms. The largest absolute Gasteiger partial charge is 0.481 e. The second-order valence-electron chi connectivity index (χ2n) is 5.66. The third-order valence-electron chi connectivity index (χ3n) is 4.04. The first-order valence-electron chi connectivity index (χ1n) is 6.72. The van der Waals surface area contributed by atoms with Gasteiger partial charge >= 0.3 is 5.97 Å². The van der Waals surface area contributed by atoms with E-state index in [0.29, 0.717) is 6.61 Å². The zero-order valence-corrected chi connectivity index (χ0v) is 11.7. The molecule has 2 rings (SSSR count). The molecule has 1 saturated carbocycles. The minimum atomic E-state index is -3.38. The molecule has 1 aliphatic heterocycles. The molecule has 2 N–H and O–H groups in total. The molecule has 0 aromatic rings. The molecule has 1 aliphatic carbocycles. The van der Waals surface area contributed by atoms with Crippen molar-refractivity contribution in [2.75, 3.05) is 18.9 Å². The highest BCUT2D eigenvalue weighted by Crippen LogP contribution is 2.43. The Bertz CT molecular complexity index is 423. The molecule has 1 unspecified atom stereocenters. The van der Waals surface area contributed by atoms with Crippen LogP contribution in [-0.2, 0) is 19.6 Å². The van der Waals surface area contributed by atoms with Crippen LogP contribution in [0.2, 0.25) is 0 Å². The highest BCUT2D eigenvalue weighted by atomic mass is 32.2. The topological polar surface area (TPSA) is 92.7 Å². The minimum absolute atomic E-state index is 0.0177. The van der Waals surface area contributed by atoms with E-state index < -0.39 is 16.0 Å². The molecule has 110 valence electrons. The zero-order valence-electron chi connectivity index (χ0n) is 10.9. The van der Waals surface area contributed by atoms with Gasteiger partial charge in [-0.15, -0.1) is 0 Å². The third-order valence-corrected chi connectivity index (χ3v) is 5.43. The van der Waals surface area contributed by atoms with E-state index >= 15 is 0 Å². The maximum Gasteiger partial charge on any atom is 0.303 e. The molecule has 2 aliphatic rings. The fourth-order valence-corrected chi connectivity index (χ4v) is 4.15. The first-order chi connectivity index (χ1) is 8.91. The number of ether oxygens (including phenoxy) is 1. The average molecular weight is 291 g/mol. The molecule has 1 heterocycles. The van der Waals surface area contributed by atoms with Crippen molar-refractivity contribution in [2.24, 2.45) is 5.41 Å². The van der Waals surface area contributed by atoms with Crippen LogP contribution in [0.3, 0.4) is 0 Å². The van der Waals surface area contributed by atoms with Gasteiger partial charge in [-0.1, -0.05) is 6.42 Å². The van der Waals surface area contributed by atoms with E-state index in [9.17, 15) is 13.2 Å². The molecule has 1 saturated heterocycles. The van der Waals surface area contributed by atoms with Gasteiger partial charge in [-0.3, -0.25) is 4.79 Å². The van der Waals surface area contributed by atoms with Crippen molar-refractivity contribution < 1.29 is 23.1 Å². The Morgan fingerprint density at radius 1 is 1.37 bits per heavy atom. The summed E-state index contributed by atoms with van der Waals surface area (Å²) in [5, 5.41) is 8.88. The number of sulfonamides is 1. The second-order valence-corrected chi connectivity index (χ2v) is 7.51. The summed E-state index contributed by atoms with van der Waals surface area (Å²) in [5.41, 5.74) is -0.380. The number of carboxylic acids is 1. The first kappa shape index (κ1) is 14.7. The van der Waals surface area contributed by atoms with Crippen molar-refractivity contribution >= 4 is 16.0 Å². The Morgan fingerprint density at radius 3 is 2.58 bits per heavy atom. The summed E-state index contributed by atoms with van der Waals surface area (Å²) >= 11 is 0. The van der Waals surface area contributed by atoms with Gasteiger partial charge in [-0.2, -0.15) is 0 Å². The Balaban J connectivity index is 1.84. The number of hydrogen-bond acceptors (Lipinski definition) is 4. The van der Waals surface area contributed by atoms with Crippen LogP contribution < -0.4 is 4.72 Å². The Kier molecular flexibility index (Phi) is 4.47. The SMILES string of the molecule is O=C(O)CC1(CNS(=O)(=O)CC2CCCO2)CCC1. The highest BCUT2D eigenvalue weighted by Gasteiger charge is 2.40. The number of hydrogen-bond donors (Lipinski definition) is 2. The standard InChI is InChI=1S/C12H21NO5S/c14-11(15)7-12(4-2-5-12)9-13-19(16,17)8-10-3-1-6-18-10/h10,13H,1-9H2,(H,14,15). The molecule has 1 atom stereocenters. The van der Waals surface area contributed by atoms with E-state index in [1.807, 2.05) is 0 Å². The quantitative estimate of drug-likeness (QED) is 0.721. The maximum absolute atomic E-state index is 11.9. The lowest BCUT2D eigenvalue weighted by molar-refractivity contribution is -0.141. The van der Waals surface area contributed by atoms with E-state index in [1.54, 1.807) is 0 Å². The van der Waals surface area contributed by atoms with Gasteiger partial charge in [-0.05, 0) is 31.1 Å². The van der Waals surface area contributed by atoms with Crippen LogP contribution in [0.5, 0.6) is 0 Å². The van der Waals surface area contributed by atoms with E-state index in [-0.39, 0.29) is 30.2 Å². The third kappa shape index (κ3) is 4.15. The van der Waals surface area contributed by atoms with Crippen LogP contribution in [0, 0.1) is 5.41 Å². The lowest BCUT2D eigenvalue weighted by Crippen LogP contribution is -2.45. The Hall–Kier alpha value is -0.660. The summed E-state index contributed by atoms with van der Waals surface area (Å²) in [6.45, 7) is 0.859. The van der Waals surface area contributed by atoms with Gasteiger partial charge in [0.1, 0.15) is 0 Å². The van der Waals surface area contributed by atoms with Crippen molar-refractivity contribution in [2.45, 2.75) is 44.6 Å². The fraction of sp³-hybridized carbons (Fsp3) is 0.917. The van der Waals surface area contributed by atoms with Crippen LogP contribution in [0.25, 0.3) is 0 Å². The van der Waals surface area contributed by atoms with E-state index in [4.69, 9.17) is 9.84 Å². The van der Waals surface area contributed by atoms with Crippen LogP contribution in [-0.4, -0.2) is 44.5 Å². The average Bonchev–Trinajstić information content (AvgIpc) is 2.73. The van der Waals surface area contributed by atoms with Gasteiger partial charge in [0, 0.05) is 13.2 Å². The van der Waals surface area contributed by atoms with E-state index in [0.717, 1.165) is 32.1 Å². The number of nitrogens with one attached hydrogen (secondary N) is 1. The Labute approximate surface area is 113 Å². The lowest BCUT2D eigenvalue weighted by Gasteiger charge is -2.40. The van der Waals surface area contributed by atoms with Gasteiger partial charge in [0.15, 0.2) is 0 Å². The van der Waals surface area contributed by atoms with Gasteiger partial charge in [0.05, 0.1) is 18.3 Å². The summed E-state index contributed by atoms with van der Waals surface area (Å²) in [6, 6.07) is 0. The summed E-state index contributed by atoms with van der Waals surface area (Å²) in [7, 11) is -3.38. The van der Waals surface area contributed by atoms with E-state index in [1.165, 1.54) is 0 Å². The molecular weight excluding hydrogens is 270 g/mol. The molecule has 6 nitrogen and oxygen atoms in total. The van der Waals surface area contributed by atoms with Crippen molar-refractivity contribution in [1.82, 2.24) is 4.72 Å². The minimum Gasteiger partial charge on any atom is -0.481 e. The van der Waals surface area contributed by atoms with Crippen molar-refractivity contribution in [3.8, 4) is 0 Å². The van der Waals surface area contributed by atoms with Gasteiger partial charge < -0.3 is 9.84 Å². The first-order valence-corrected chi connectivity index (χ1v) is 8.37. The summed E-state index contributed by atoms with van der Waals surface area (Å²) in [5.74, 6) is -0.881. The number of rotatable bonds is 7. The second kappa shape index (κ2) is 5.76. The maximum atomic E-state index is 11.9. The normalized spacial score (nSPS) is 26.0. The molecule has 0 aromatic carbocycles. The van der Waals surface area contributed by atoms with Crippen LogP contribution in [0.4, 0.5) is 0 Å². The van der Waals surface area contributed by atoms with Crippen LogP contribution >= 0.6 is 0 Å². The van der Waals surface area contributed by atoms with Gasteiger partial charge in [0.25, 0.3) is 0 Å².